The molecule has 0 N–H and O–H groups in total. The second-order valence-corrected chi connectivity index (χ2v) is 4.56. The van der Waals surface area contributed by atoms with Crippen LogP contribution in [0.1, 0.15) is 50.3 Å². The summed E-state index contributed by atoms with van der Waals surface area (Å²) < 4.78 is 2.28. The Labute approximate surface area is 90.9 Å². The molecule has 0 radical (unpaired) electrons. The molecule has 0 aromatic carbocycles. The van der Waals surface area contributed by atoms with Gasteiger partial charge in [0, 0.05) is 30.1 Å². The Bertz CT molecular complexity index is 372. The summed E-state index contributed by atoms with van der Waals surface area (Å²) in [5.74, 6) is 0. The first-order valence-corrected chi connectivity index (χ1v) is 5.96. The van der Waals surface area contributed by atoms with Crippen molar-refractivity contribution in [2.24, 2.45) is 0 Å². The molecule has 0 bridgehead atoms. The number of aromatic nitrogens is 1. The van der Waals surface area contributed by atoms with Crippen LogP contribution in [0.15, 0.2) is 23.1 Å². The summed E-state index contributed by atoms with van der Waals surface area (Å²) in [6, 6.07) is 4.04. The first-order chi connectivity index (χ1) is 7.27. The number of nitrogens with zero attached hydrogens (tertiary/aromatic N) is 1. The Morgan fingerprint density at radius 2 is 1.87 bits per heavy atom. The summed E-state index contributed by atoms with van der Waals surface area (Å²) in [4.78, 5) is 11.2. The van der Waals surface area contributed by atoms with Gasteiger partial charge in [-0.05, 0) is 19.8 Å². The van der Waals surface area contributed by atoms with Gasteiger partial charge in [0.15, 0.2) is 5.43 Å². The van der Waals surface area contributed by atoms with Crippen molar-refractivity contribution in [2.45, 2.75) is 51.5 Å². The summed E-state index contributed by atoms with van der Waals surface area (Å²) >= 11 is 0. The van der Waals surface area contributed by atoms with Crippen molar-refractivity contribution in [1.82, 2.24) is 4.57 Å². The molecule has 0 aliphatic heterocycles. The number of pyridine rings is 1. The van der Waals surface area contributed by atoms with Gasteiger partial charge in [0.25, 0.3) is 0 Å². The van der Waals surface area contributed by atoms with E-state index in [1.54, 1.807) is 12.1 Å². The maximum Gasteiger partial charge on any atom is 0.181 e. The van der Waals surface area contributed by atoms with E-state index in [1.807, 2.05) is 13.1 Å². The molecule has 1 saturated carbocycles. The Morgan fingerprint density at radius 1 is 1.20 bits per heavy atom. The zero-order valence-corrected chi connectivity index (χ0v) is 9.41. The normalized spacial score (nSPS) is 18.7. The van der Waals surface area contributed by atoms with Crippen LogP contribution < -0.4 is 5.43 Å². The molecule has 2 heteroatoms. The second kappa shape index (κ2) is 4.65. The van der Waals surface area contributed by atoms with Crippen LogP contribution in [0.4, 0.5) is 0 Å². The van der Waals surface area contributed by atoms with E-state index in [-0.39, 0.29) is 5.43 Å². The molecule has 1 aliphatic rings. The Morgan fingerprint density at radius 3 is 2.47 bits per heavy atom. The van der Waals surface area contributed by atoms with Crippen molar-refractivity contribution < 1.29 is 0 Å². The third kappa shape index (κ3) is 2.49. The fourth-order valence-electron chi connectivity index (χ4n) is 2.55. The molecule has 1 aliphatic carbocycles. The Hall–Kier alpha value is -1.05. The van der Waals surface area contributed by atoms with Crippen molar-refractivity contribution in [3.8, 4) is 0 Å². The maximum absolute atomic E-state index is 11.2. The summed E-state index contributed by atoms with van der Waals surface area (Å²) in [7, 11) is 0. The molecule has 2 nitrogen and oxygen atoms in total. The molecule has 1 aromatic heterocycles. The minimum Gasteiger partial charge on any atom is -0.348 e. The fraction of sp³-hybridized carbons (Fsp3) is 0.615. The number of aryl methyl sites for hydroxylation is 1. The third-order valence-electron chi connectivity index (χ3n) is 3.38. The van der Waals surface area contributed by atoms with E-state index in [9.17, 15) is 4.79 Å². The molecule has 1 heterocycles. The Kier molecular flexibility index (Phi) is 3.24. The van der Waals surface area contributed by atoms with E-state index >= 15 is 0 Å². The summed E-state index contributed by atoms with van der Waals surface area (Å²) in [5.41, 5.74) is 1.23. The maximum atomic E-state index is 11.2. The van der Waals surface area contributed by atoms with Gasteiger partial charge in [-0.2, -0.15) is 0 Å². The number of rotatable bonds is 1. The van der Waals surface area contributed by atoms with Gasteiger partial charge in [-0.25, -0.2) is 0 Å². The highest BCUT2D eigenvalue weighted by Gasteiger charge is 2.14. The van der Waals surface area contributed by atoms with E-state index in [4.69, 9.17) is 0 Å². The molecule has 1 aromatic rings. The van der Waals surface area contributed by atoms with Crippen LogP contribution in [-0.2, 0) is 0 Å². The summed E-state index contributed by atoms with van der Waals surface area (Å²) in [6.45, 7) is 2.03. The molecule has 0 atom stereocenters. The van der Waals surface area contributed by atoms with Crippen molar-refractivity contribution >= 4 is 0 Å². The molecule has 0 saturated heterocycles. The van der Waals surface area contributed by atoms with Crippen LogP contribution >= 0.6 is 0 Å². The van der Waals surface area contributed by atoms with Crippen LogP contribution in [0, 0.1) is 6.92 Å². The van der Waals surface area contributed by atoms with E-state index in [0.717, 1.165) is 5.69 Å². The van der Waals surface area contributed by atoms with Gasteiger partial charge in [0.2, 0.25) is 0 Å². The lowest BCUT2D eigenvalue weighted by Gasteiger charge is -2.20. The van der Waals surface area contributed by atoms with Crippen molar-refractivity contribution in [3.63, 3.8) is 0 Å². The molecule has 1 fully saturated rings. The average molecular weight is 205 g/mol. The molecular weight excluding hydrogens is 186 g/mol. The first-order valence-electron chi connectivity index (χ1n) is 5.96. The van der Waals surface area contributed by atoms with Crippen LogP contribution in [0.2, 0.25) is 0 Å². The molecular formula is C13H19NO. The third-order valence-corrected chi connectivity index (χ3v) is 3.38. The lowest BCUT2D eigenvalue weighted by atomic mass is 10.1. The predicted molar refractivity (Wildman–Crippen MR) is 62.2 cm³/mol. The van der Waals surface area contributed by atoms with Gasteiger partial charge in [0.1, 0.15) is 0 Å². The number of hydrogen-bond donors (Lipinski definition) is 0. The monoisotopic (exact) mass is 205 g/mol. The summed E-state index contributed by atoms with van der Waals surface area (Å²) in [5, 5.41) is 0. The highest BCUT2D eigenvalue weighted by Crippen LogP contribution is 2.27. The van der Waals surface area contributed by atoms with E-state index in [2.05, 4.69) is 4.57 Å². The average Bonchev–Trinajstić information content (AvgIpc) is 2.46. The van der Waals surface area contributed by atoms with Gasteiger partial charge in [0.05, 0.1) is 0 Å². The largest absolute Gasteiger partial charge is 0.348 e. The van der Waals surface area contributed by atoms with Gasteiger partial charge >= 0.3 is 0 Å². The first kappa shape index (κ1) is 10.5. The SMILES string of the molecule is Cc1cc(=O)ccn1C1CCCCCC1. The van der Waals surface area contributed by atoms with Crippen molar-refractivity contribution in [1.29, 1.82) is 0 Å². The van der Waals surface area contributed by atoms with E-state index in [1.165, 1.54) is 38.5 Å². The molecule has 0 spiro atoms. The van der Waals surface area contributed by atoms with E-state index < -0.39 is 0 Å². The van der Waals surface area contributed by atoms with Crippen LogP contribution in [-0.4, -0.2) is 4.57 Å². The molecule has 0 unspecified atom stereocenters. The van der Waals surface area contributed by atoms with Gasteiger partial charge in [-0.3, -0.25) is 4.79 Å². The van der Waals surface area contributed by atoms with Gasteiger partial charge in [-0.1, -0.05) is 25.7 Å². The standard InChI is InChI=1S/C13H19NO/c1-11-10-13(15)8-9-14(11)12-6-4-2-3-5-7-12/h8-10,12H,2-7H2,1H3. The lowest BCUT2D eigenvalue weighted by Crippen LogP contribution is -2.14. The Balaban J connectivity index is 2.23. The smallest absolute Gasteiger partial charge is 0.181 e. The highest BCUT2D eigenvalue weighted by molar-refractivity contribution is 5.06. The van der Waals surface area contributed by atoms with Crippen LogP contribution in [0.25, 0.3) is 0 Å². The van der Waals surface area contributed by atoms with Crippen molar-refractivity contribution in [2.75, 3.05) is 0 Å². The zero-order chi connectivity index (χ0) is 10.7. The molecule has 15 heavy (non-hydrogen) atoms. The van der Waals surface area contributed by atoms with E-state index in [0.29, 0.717) is 6.04 Å². The van der Waals surface area contributed by atoms with Crippen LogP contribution in [0.3, 0.4) is 0 Å². The quantitative estimate of drug-likeness (QED) is 0.646. The van der Waals surface area contributed by atoms with Crippen LogP contribution in [0.5, 0.6) is 0 Å². The van der Waals surface area contributed by atoms with Gasteiger partial charge in [-0.15, -0.1) is 0 Å². The molecule has 82 valence electrons. The minimum absolute atomic E-state index is 0.123. The fourth-order valence-corrected chi connectivity index (χ4v) is 2.55. The summed E-state index contributed by atoms with van der Waals surface area (Å²) in [6.07, 6.45) is 9.90. The van der Waals surface area contributed by atoms with Crippen molar-refractivity contribution in [3.05, 3.63) is 34.2 Å². The highest BCUT2D eigenvalue weighted by atomic mass is 16.1. The predicted octanol–water partition coefficient (Wildman–Crippen LogP) is 3.05. The molecule has 2 rings (SSSR count). The van der Waals surface area contributed by atoms with Gasteiger partial charge < -0.3 is 4.57 Å². The lowest BCUT2D eigenvalue weighted by molar-refractivity contribution is 0.433. The second-order valence-electron chi connectivity index (χ2n) is 4.56. The minimum atomic E-state index is 0.123. The molecule has 0 amide bonds. The zero-order valence-electron chi connectivity index (χ0n) is 9.41. The topological polar surface area (TPSA) is 22.0 Å². The number of hydrogen-bond acceptors (Lipinski definition) is 1.